The van der Waals surface area contributed by atoms with Gasteiger partial charge in [-0.1, -0.05) is 0 Å². The Morgan fingerprint density at radius 1 is 1.59 bits per heavy atom. The fourth-order valence-electron chi connectivity index (χ4n) is 1.80. The molecule has 0 aromatic carbocycles. The summed E-state index contributed by atoms with van der Waals surface area (Å²) in [6.45, 7) is 2.19. The average Bonchev–Trinajstić information content (AvgIpc) is 2.77. The molecular formula is C12H14O3S2. The molecule has 5 heteroatoms. The largest absolute Gasteiger partial charge is 0.466 e. The second kappa shape index (κ2) is 5.69. The van der Waals surface area contributed by atoms with Gasteiger partial charge in [0.15, 0.2) is 5.78 Å². The Kier molecular flexibility index (Phi) is 4.23. The quantitative estimate of drug-likeness (QED) is 0.789. The first-order chi connectivity index (χ1) is 8.22. The van der Waals surface area contributed by atoms with Gasteiger partial charge in [-0.2, -0.15) is 0 Å². The van der Waals surface area contributed by atoms with Gasteiger partial charge >= 0.3 is 5.97 Å². The number of fused-ring (bicyclic) bond motifs is 1. The topological polar surface area (TPSA) is 43.4 Å². The van der Waals surface area contributed by atoms with Crippen LogP contribution in [-0.2, 0) is 9.53 Å². The van der Waals surface area contributed by atoms with Crippen molar-refractivity contribution in [2.45, 2.75) is 24.0 Å². The molecule has 92 valence electrons. The number of thiophene rings is 1. The highest BCUT2D eigenvalue weighted by Gasteiger charge is 2.29. The first-order valence-electron chi connectivity index (χ1n) is 5.62. The summed E-state index contributed by atoms with van der Waals surface area (Å²) >= 11 is 3.33. The lowest BCUT2D eigenvalue weighted by Crippen LogP contribution is -2.22. The van der Waals surface area contributed by atoms with Crippen molar-refractivity contribution in [2.24, 2.45) is 5.92 Å². The smallest absolute Gasteiger partial charge is 0.305 e. The van der Waals surface area contributed by atoms with Crippen molar-refractivity contribution in [3.63, 3.8) is 0 Å². The average molecular weight is 270 g/mol. The first-order valence-corrected chi connectivity index (χ1v) is 7.49. The Bertz CT molecular complexity index is 425. The number of esters is 1. The van der Waals surface area contributed by atoms with E-state index < -0.39 is 0 Å². The highest BCUT2D eigenvalue weighted by atomic mass is 32.2. The summed E-state index contributed by atoms with van der Waals surface area (Å²) in [6.07, 6.45) is 0.935. The number of ketones is 1. The molecule has 0 aliphatic carbocycles. The van der Waals surface area contributed by atoms with Crippen molar-refractivity contribution in [1.82, 2.24) is 0 Å². The SMILES string of the molecule is CCOC(=O)CCC1CSc2sccc2C1=O. The minimum atomic E-state index is -0.207. The van der Waals surface area contributed by atoms with Crippen molar-refractivity contribution < 1.29 is 14.3 Å². The summed E-state index contributed by atoms with van der Waals surface area (Å²) in [5.41, 5.74) is 0.833. The zero-order valence-electron chi connectivity index (χ0n) is 9.60. The van der Waals surface area contributed by atoms with E-state index in [2.05, 4.69) is 0 Å². The predicted molar refractivity (Wildman–Crippen MR) is 68.7 cm³/mol. The van der Waals surface area contributed by atoms with Crippen LogP contribution in [0.2, 0.25) is 0 Å². The number of carbonyl (C=O) groups is 2. The number of Topliss-reactive ketones (excluding diaryl/α,β-unsaturated/α-hetero) is 1. The van der Waals surface area contributed by atoms with Crippen LogP contribution in [0.3, 0.4) is 0 Å². The van der Waals surface area contributed by atoms with Gasteiger partial charge < -0.3 is 4.74 Å². The maximum atomic E-state index is 12.1. The number of rotatable bonds is 4. The Morgan fingerprint density at radius 3 is 3.18 bits per heavy atom. The van der Waals surface area contributed by atoms with Crippen molar-refractivity contribution in [3.05, 3.63) is 17.0 Å². The number of hydrogen-bond acceptors (Lipinski definition) is 5. The van der Waals surface area contributed by atoms with Crippen LogP contribution in [-0.4, -0.2) is 24.1 Å². The molecule has 17 heavy (non-hydrogen) atoms. The summed E-state index contributed by atoms with van der Waals surface area (Å²) in [4.78, 5) is 23.3. The summed E-state index contributed by atoms with van der Waals surface area (Å²) in [7, 11) is 0. The van der Waals surface area contributed by atoms with Gasteiger partial charge in [0.25, 0.3) is 0 Å². The van der Waals surface area contributed by atoms with E-state index in [1.807, 2.05) is 11.4 Å². The fourth-order valence-corrected chi connectivity index (χ4v) is 4.06. The molecule has 0 N–H and O–H groups in total. The normalized spacial score (nSPS) is 18.9. The summed E-state index contributed by atoms with van der Waals surface area (Å²) < 4.78 is 5.98. The standard InChI is InChI=1S/C12H14O3S2/c1-2-15-10(13)4-3-8-7-17-12-9(11(8)14)5-6-16-12/h5-6,8H,2-4,7H2,1H3. The molecule has 0 amide bonds. The van der Waals surface area contributed by atoms with Gasteiger partial charge in [0.1, 0.15) is 0 Å². The first kappa shape index (κ1) is 12.6. The molecule has 3 nitrogen and oxygen atoms in total. The van der Waals surface area contributed by atoms with E-state index in [1.54, 1.807) is 30.0 Å². The number of thioether (sulfide) groups is 1. The van der Waals surface area contributed by atoms with E-state index in [0.29, 0.717) is 19.4 Å². The van der Waals surface area contributed by atoms with Crippen LogP contribution in [0.15, 0.2) is 15.7 Å². The molecule has 1 aliphatic heterocycles. The minimum absolute atomic E-state index is 0.0356. The molecular weight excluding hydrogens is 256 g/mol. The van der Waals surface area contributed by atoms with Gasteiger partial charge in [-0.05, 0) is 24.8 Å². The Hall–Kier alpha value is -0.810. The van der Waals surface area contributed by atoms with Gasteiger partial charge in [-0.25, -0.2) is 0 Å². The molecule has 0 saturated heterocycles. The summed E-state index contributed by atoms with van der Waals surface area (Å²) in [5.74, 6) is 0.725. The van der Waals surface area contributed by atoms with E-state index in [-0.39, 0.29) is 17.7 Å². The highest BCUT2D eigenvalue weighted by Crippen LogP contribution is 2.38. The lowest BCUT2D eigenvalue weighted by molar-refractivity contribution is -0.143. The second-order valence-electron chi connectivity index (χ2n) is 3.84. The van der Waals surface area contributed by atoms with Gasteiger partial charge in [-0.15, -0.1) is 23.1 Å². The molecule has 0 fully saturated rings. The van der Waals surface area contributed by atoms with Gasteiger partial charge in [0.05, 0.1) is 10.8 Å². The van der Waals surface area contributed by atoms with Crippen molar-refractivity contribution in [1.29, 1.82) is 0 Å². The third kappa shape index (κ3) is 2.90. The predicted octanol–water partition coefficient (Wildman–Crippen LogP) is 3.00. The van der Waals surface area contributed by atoms with Gasteiger partial charge in [0, 0.05) is 23.7 Å². The van der Waals surface area contributed by atoms with E-state index in [0.717, 1.165) is 15.5 Å². The second-order valence-corrected chi connectivity index (χ2v) is 6.04. The van der Waals surface area contributed by atoms with Crippen LogP contribution in [0.4, 0.5) is 0 Å². The zero-order chi connectivity index (χ0) is 12.3. The lowest BCUT2D eigenvalue weighted by Gasteiger charge is -2.19. The zero-order valence-corrected chi connectivity index (χ0v) is 11.2. The maximum Gasteiger partial charge on any atom is 0.305 e. The number of hydrogen-bond donors (Lipinski definition) is 0. The molecule has 1 aromatic rings. The molecule has 1 unspecified atom stereocenters. The van der Waals surface area contributed by atoms with Crippen molar-refractivity contribution in [3.8, 4) is 0 Å². The van der Waals surface area contributed by atoms with Crippen LogP contribution in [0, 0.1) is 5.92 Å². The van der Waals surface area contributed by atoms with E-state index in [1.165, 1.54) is 0 Å². The molecule has 0 saturated carbocycles. The molecule has 0 radical (unpaired) electrons. The van der Waals surface area contributed by atoms with Crippen LogP contribution in [0.25, 0.3) is 0 Å². The molecule has 1 aromatic heterocycles. The van der Waals surface area contributed by atoms with E-state index in [9.17, 15) is 9.59 Å². The monoisotopic (exact) mass is 270 g/mol. The van der Waals surface area contributed by atoms with Crippen LogP contribution >= 0.6 is 23.1 Å². The van der Waals surface area contributed by atoms with Gasteiger partial charge in [-0.3, -0.25) is 9.59 Å². The molecule has 2 heterocycles. The third-order valence-electron chi connectivity index (χ3n) is 2.68. The Morgan fingerprint density at radius 2 is 2.41 bits per heavy atom. The third-order valence-corrected chi connectivity index (χ3v) is 5.08. The molecule has 0 spiro atoms. The molecule has 1 atom stereocenters. The molecule has 1 aliphatic rings. The van der Waals surface area contributed by atoms with Crippen LogP contribution < -0.4 is 0 Å². The Balaban J connectivity index is 1.92. The number of ether oxygens (including phenoxy) is 1. The highest BCUT2D eigenvalue weighted by molar-refractivity contribution is 8.01. The van der Waals surface area contributed by atoms with Crippen LogP contribution in [0.1, 0.15) is 30.1 Å². The van der Waals surface area contributed by atoms with E-state index in [4.69, 9.17) is 4.74 Å². The van der Waals surface area contributed by atoms with E-state index >= 15 is 0 Å². The molecule has 0 bridgehead atoms. The van der Waals surface area contributed by atoms with Gasteiger partial charge in [0.2, 0.25) is 0 Å². The van der Waals surface area contributed by atoms with Crippen molar-refractivity contribution >= 4 is 34.9 Å². The van der Waals surface area contributed by atoms with Crippen molar-refractivity contribution in [2.75, 3.05) is 12.4 Å². The maximum absolute atomic E-state index is 12.1. The summed E-state index contributed by atoms with van der Waals surface area (Å²) in [5, 5.41) is 1.95. The Labute approximate surface area is 109 Å². The molecule has 2 rings (SSSR count). The minimum Gasteiger partial charge on any atom is -0.466 e. The number of carbonyl (C=O) groups excluding carboxylic acids is 2. The lowest BCUT2D eigenvalue weighted by atomic mass is 9.96. The van der Waals surface area contributed by atoms with Crippen LogP contribution in [0.5, 0.6) is 0 Å². The fraction of sp³-hybridized carbons (Fsp3) is 0.500. The summed E-state index contributed by atoms with van der Waals surface area (Å²) in [6, 6.07) is 1.88.